The van der Waals surface area contributed by atoms with Crippen LogP contribution in [0.15, 0.2) is 46.6 Å². The molecule has 1 amide bonds. The van der Waals surface area contributed by atoms with Crippen molar-refractivity contribution in [1.82, 2.24) is 25.1 Å². The normalized spacial score (nSPS) is 12.3. The highest BCUT2D eigenvalue weighted by molar-refractivity contribution is 7.12. The Morgan fingerprint density at radius 1 is 1.15 bits per heavy atom. The van der Waals surface area contributed by atoms with Gasteiger partial charge in [0.1, 0.15) is 11.5 Å². The Bertz CT molecular complexity index is 941. The molecular formula is C19H23N5O2S. The summed E-state index contributed by atoms with van der Waals surface area (Å²) < 4.78 is 2.25. The van der Waals surface area contributed by atoms with Crippen LogP contribution in [0.1, 0.15) is 37.9 Å². The van der Waals surface area contributed by atoms with E-state index in [2.05, 4.69) is 41.7 Å². The lowest BCUT2D eigenvalue weighted by Crippen LogP contribution is -2.34. The van der Waals surface area contributed by atoms with Gasteiger partial charge < -0.3 is 5.32 Å². The molecule has 0 saturated carbocycles. The highest BCUT2D eigenvalue weighted by Crippen LogP contribution is 2.15. The number of nitrogens with one attached hydrogen (secondary N) is 1. The minimum atomic E-state index is -0.432. The van der Waals surface area contributed by atoms with Crippen molar-refractivity contribution in [3.05, 3.63) is 63.4 Å². The molecule has 0 aliphatic heterocycles. The second-order valence-corrected chi connectivity index (χ2v) is 7.84. The van der Waals surface area contributed by atoms with Crippen LogP contribution in [0.3, 0.4) is 0 Å². The van der Waals surface area contributed by atoms with E-state index in [0.29, 0.717) is 10.9 Å². The predicted molar refractivity (Wildman–Crippen MR) is 105 cm³/mol. The first-order chi connectivity index (χ1) is 12.9. The Morgan fingerprint density at radius 3 is 2.52 bits per heavy atom. The van der Waals surface area contributed by atoms with Gasteiger partial charge in [-0.3, -0.25) is 4.79 Å². The Balaban J connectivity index is 1.61. The third-order valence-electron chi connectivity index (χ3n) is 4.15. The van der Waals surface area contributed by atoms with Gasteiger partial charge in [-0.2, -0.15) is 9.36 Å². The maximum absolute atomic E-state index is 12.3. The number of hydrogen-bond acceptors (Lipinski definition) is 5. The molecule has 1 unspecified atom stereocenters. The number of amides is 1. The monoisotopic (exact) mass is 385 g/mol. The van der Waals surface area contributed by atoms with Crippen LogP contribution in [0, 0.1) is 5.92 Å². The summed E-state index contributed by atoms with van der Waals surface area (Å²) in [6, 6.07) is 11.7. The number of benzene rings is 1. The van der Waals surface area contributed by atoms with E-state index in [1.807, 2.05) is 30.5 Å². The molecule has 142 valence electrons. The summed E-state index contributed by atoms with van der Waals surface area (Å²) in [5.41, 5.74) is 1.87. The SMILES string of the molecule is CC(C)Cc1ccc(C(C)NC(=O)Cn2nnn(-c3cccs3)c2=O)cc1. The smallest absolute Gasteiger partial charge is 0.348 e. The van der Waals surface area contributed by atoms with Crippen molar-refractivity contribution >= 4 is 17.2 Å². The summed E-state index contributed by atoms with van der Waals surface area (Å²) in [6.45, 7) is 6.13. The van der Waals surface area contributed by atoms with Crippen LogP contribution in [0.2, 0.25) is 0 Å². The van der Waals surface area contributed by atoms with Crippen LogP contribution in [0.4, 0.5) is 0 Å². The molecule has 0 fully saturated rings. The van der Waals surface area contributed by atoms with Crippen LogP contribution in [-0.2, 0) is 17.8 Å². The maximum Gasteiger partial charge on any atom is 0.369 e. The molecule has 2 heterocycles. The second kappa shape index (κ2) is 8.30. The fourth-order valence-electron chi connectivity index (χ4n) is 2.82. The van der Waals surface area contributed by atoms with Gasteiger partial charge in [-0.15, -0.1) is 11.3 Å². The Kier molecular flexibility index (Phi) is 5.85. The van der Waals surface area contributed by atoms with Gasteiger partial charge in [-0.05, 0) is 58.3 Å². The quantitative estimate of drug-likeness (QED) is 0.678. The first-order valence-corrected chi connectivity index (χ1v) is 9.77. The van der Waals surface area contributed by atoms with Gasteiger partial charge >= 0.3 is 5.69 Å². The van der Waals surface area contributed by atoms with Crippen LogP contribution in [0.25, 0.3) is 5.00 Å². The Morgan fingerprint density at radius 2 is 1.89 bits per heavy atom. The molecule has 3 aromatic rings. The van der Waals surface area contributed by atoms with Gasteiger partial charge in [0.05, 0.1) is 6.04 Å². The van der Waals surface area contributed by atoms with E-state index in [4.69, 9.17) is 0 Å². The lowest BCUT2D eigenvalue weighted by atomic mass is 10.00. The highest BCUT2D eigenvalue weighted by Gasteiger charge is 2.15. The average Bonchev–Trinajstić information content (AvgIpc) is 3.25. The van der Waals surface area contributed by atoms with Crippen molar-refractivity contribution in [1.29, 1.82) is 0 Å². The van der Waals surface area contributed by atoms with E-state index in [0.717, 1.165) is 16.7 Å². The number of thiophene rings is 1. The molecular weight excluding hydrogens is 362 g/mol. The van der Waals surface area contributed by atoms with Gasteiger partial charge in [0, 0.05) is 0 Å². The number of carbonyl (C=O) groups is 1. The number of carbonyl (C=O) groups excluding carboxylic acids is 1. The number of nitrogens with zero attached hydrogens (tertiary/aromatic N) is 4. The molecule has 0 spiro atoms. The van der Waals surface area contributed by atoms with E-state index in [9.17, 15) is 9.59 Å². The molecule has 0 aliphatic rings. The third kappa shape index (κ3) is 4.71. The van der Waals surface area contributed by atoms with E-state index < -0.39 is 5.69 Å². The van der Waals surface area contributed by atoms with Crippen molar-refractivity contribution in [2.45, 2.75) is 39.8 Å². The van der Waals surface area contributed by atoms with E-state index in [-0.39, 0.29) is 18.5 Å². The lowest BCUT2D eigenvalue weighted by molar-refractivity contribution is -0.122. The molecule has 0 aliphatic carbocycles. The van der Waals surface area contributed by atoms with Gasteiger partial charge in [0.15, 0.2) is 0 Å². The van der Waals surface area contributed by atoms with Crippen LogP contribution < -0.4 is 11.0 Å². The van der Waals surface area contributed by atoms with Gasteiger partial charge in [0.2, 0.25) is 5.91 Å². The summed E-state index contributed by atoms with van der Waals surface area (Å²) in [6.07, 6.45) is 1.03. The minimum absolute atomic E-state index is 0.159. The first kappa shape index (κ1) is 19.0. The minimum Gasteiger partial charge on any atom is -0.348 e. The van der Waals surface area contributed by atoms with Crippen molar-refractivity contribution in [2.24, 2.45) is 5.92 Å². The van der Waals surface area contributed by atoms with Crippen molar-refractivity contribution in [3.63, 3.8) is 0 Å². The molecule has 7 nitrogen and oxygen atoms in total. The Labute approximate surface area is 161 Å². The topological polar surface area (TPSA) is 81.8 Å². The molecule has 1 atom stereocenters. The van der Waals surface area contributed by atoms with Crippen molar-refractivity contribution in [2.75, 3.05) is 0 Å². The zero-order valence-corrected chi connectivity index (χ0v) is 16.4. The Hall–Kier alpha value is -2.74. The van der Waals surface area contributed by atoms with Crippen LogP contribution in [0.5, 0.6) is 0 Å². The standard InChI is InChI=1S/C19H23N5O2S/c1-13(2)11-15-6-8-16(9-7-15)14(3)20-17(25)12-23-19(26)24(22-21-23)18-5-4-10-27-18/h4-10,13-14H,11-12H2,1-3H3,(H,20,25). The summed E-state index contributed by atoms with van der Waals surface area (Å²) in [5, 5.41) is 13.0. The van der Waals surface area contributed by atoms with Crippen LogP contribution in [-0.4, -0.2) is 25.7 Å². The molecule has 2 aromatic heterocycles. The molecule has 0 saturated heterocycles. The predicted octanol–water partition coefficient (Wildman–Crippen LogP) is 2.57. The van der Waals surface area contributed by atoms with E-state index >= 15 is 0 Å². The highest BCUT2D eigenvalue weighted by atomic mass is 32.1. The fraction of sp³-hybridized carbons (Fsp3) is 0.368. The van der Waals surface area contributed by atoms with E-state index in [1.165, 1.54) is 21.6 Å². The molecule has 3 rings (SSSR count). The molecule has 0 radical (unpaired) electrons. The second-order valence-electron chi connectivity index (χ2n) is 6.91. The third-order valence-corrected chi connectivity index (χ3v) is 4.99. The zero-order chi connectivity index (χ0) is 19.4. The van der Waals surface area contributed by atoms with Crippen molar-refractivity contribution < 1.29 is 4.79 Å². The van der Waals surface area contributed by atoms with Crippen molar-refractivity contribution in [3.8, 4) is 5.00 Å². The number of aromatic nitrogens is 4. The van der Waals surface area contributed by atoms with Gasteiger partial charge in [-0.1, -0.05) is 38.1 Å². The molecule has 1 aromatic carbocycles. The zero-order valence-electron chi connectivity index (χ0n) is 15.6. The number of hydrogen-bond donors (Lipinski definition) is 1. The molecule has 27 heavy (non-hydrogen) atoms. The molecule has 0 bridgehead atoms. The van der Waals surface area contributed by atoms with Crippen LogP contribution >= 0.6 is 11.3 Å². The summed E-state index contributed by atoms with van der Waals surface area (Å²) in [7, 11) is 0. The largest absolute Gasteiger partial charge is 0.369 e. The molecule has 1 N–H and O–H groups in total. The summed E-state index contributed by atoms with van der Waals surface area (Å²) in [4.78, 5) is 24.6. The summed E-state index contributed by atoms with van der Waals surface area (Å²) in [5.74, 6) is 0.322. The molecule has 8 heteroatoms. The first-order valence-electron chi connectivity index (χ1n) is 8.89. The van der Waals surface area contributed by atoms with Gasteiger partial charge in [-0.25, -0.2) is 4.79 Å². The number of tetrazole rings is 1. The maximum atomic E-state index is 12.3. The summed E-state index contributed by atoms with van der Waals surface area (Å²) >= 11 is 1.38. The van der Waals surface area contributed by atoms with E-state index in [1.54, 1.807) is 6.07 Å². The lowest BCUT2D eigenvalue weighted by Gasteiger charge is -2.15. The van der Waals surface area contributed by atoms with Gasteiger partial charge in [0.25, 0.3) is 0 Å². The number of rotatable bonds is 7. The average molecular weight is 385 g/mol. The fourth-order valence-corrected chi connectivity index (χ4v) is 3.49.